The van der Waals surface area contributed by atoms with E-state index >= 15 is 0 Å². The Morgan fingerprint density at radius 2 is 1.66 bits per heavy atom. The molecule has 0 radical (unpaired) electrons. The normalized spacial score (nSPS) is 10.7. The fraction of sp³-hybridized carbons (Fsp3) is 0.0870. The van der Waals surface area contributed by atoms with Crippen LogP contribution in [0.4, 0.5) is 5.69 Å². The van der Waals surface area contributed by atoms with Crippen molar-refractivity contribution in [2.45, 2.75) is 0 Å². The fourth-order valence-electron chi connectivity index (χ4n) is 3.38. The van der Waals surface area contributed by atoms with E-state index in [4.69, 9.17) is 9.47 Å². The molecule has 0 unspecified atom stereocenters. The third-order valence-corrected chi connectivity index (χ3v) is 5.27. The summed E-state index contributed by atoms with van der Waals surface area (Å²) in [6, 6.07) is 19.1. The quantitative estimate of drug-likeness (QED) is 0.399. The second-order valence-electron chi connectivity index (χ2n) is 6.44. The van der Waals surface area contributed by atoms with Crippen LogP contribution in [0.2, 0.25) is 0 Å². The van der Waals surface area contributed by atoms with Gasteiger partial charge < -0.3 is 19.8 Å². The third-order valence-electron chi connectivity index (χ3n) is 4.74. The minimum Gasteiger partial charge on any atom is -0.496 e. The van der Waals surface area contributed by atoms with Crippen molar-refractivity contribution in [3.05, 3.63) is 76.9 Å². The van der Waals surface area contributed by atoms with E-state index in [0.717, 1.165) is 21.0 Å². The van der Waals surface area contributed by atoms with Crippen molar-refractivity contribution in [2.24, 2.45) is 0 Å². The van der Waals surface area contributed by atoms with E-state index in [-0.39, 0.29) is 5.91 Å². The summed E-state index contributed by atoms with van der Waals surface area (Å²) in [6.07, 6.45) is 1.88. The van der Waals surface area contributed by atoms with Crippen LogP contribution in [-0.4, -0.2) is 25.1 Å². The van der Waals surface area contributed by atoms with Crippen molar-refractivity contribution >= 4 is 38.4 Å². The van der Waals surface area contributed by atoms with Crippen LogP contribution in [0.25, 0.3) is 22.0 Å². The van der Waals surface area contributed by atoms with Crippen molar-refractivity contribution in [3.8, 4) is 22.6 Å². The molecule has 6 heteroatoms. The van der Waals surface area contributed by atoms with Crippen molar-refractivity contribution in [3.63, 3.8) is 0 Å². The molecular formula is C23H19BrN2O3. The van der Waals surface area contributed by atoms with Crippen LogP contribution in [0, 0.1) is 0 Å². The van der Waals surface area contributed by atoms with E-state index in [1.54, 1.807) is 20.3 Å². The topological polar surface area (TPSA) is 63.4 Å². The van der Waals surface area contributed by atoms with Crippen LogP contribution in [0.15, 0.2) is 71.3 Å². The predicted molar refractivity (Wildman–Crippen MR) is 119 cm³/mol. The van der Waals surface area contributed by atoms with Gasteiger partial charge in [-0.1, -0.05) is 46.3 Å². The SMILES string of the molecule is COc1cc(OC)c2c(-c3ccc(Br)cc3)c[nH]c2c1C(=O)Nc1ccccc1. The number of aromatic nitrogens is 1. The van der Waals surface area contributed by atoms with Crippen LogP contribution in [0.3, 0.4) is 0 Å². The van der Waals surface area contributed by atoms with Gasteiger partial charge in [0.15, 0.2) is 0 Å². The number of hydrogen-bond acceptors (Lipinski definition) is 3. The molecule has 4 aromatic rings. The first kappa shape index (κ1) is 19.1. The number of carbonyl (C=O) groups excluding carboxylic acids is 1. The van der Waals surface area contributed by atoms with Crippen LogP contribution in [0.5, 0.6) is 11.5 Å². The number of anilines is 1. The van der Waals surface area contributed by atoms with Gasteiger partial charge in [0, 0.05) is 28.0 Å². The highest BCUT2D eigenvalue weighted by molar-refractivity contribution is 9.10. The highest BCUT2D eigenvalue weighted by Crippen LogP contribution is 2.41. The van der Waals surface area contributed by atoms with E-state index in [9.17, 15) is 4.79 Å². The Hall–Kier alpha value is -3.25. The maximum atomic E-state index is 13.1. The smallest absolute Gasteiger partial charge is 0.261 e. The van der Waals surface area contributed by atoms with Crippen LogP contribution < -0.4 is 14.8 Å². The lowest BCUT2D eigenvalue weighted by atomic mass is 10.0. The predicted octanol–water partition coefficient (Wildman–Crippen LogP) is 5.87. The lowest BCUT2D eigenvalue weighted by molar-refractivity contribution is 0.102. The molecule has 0 saturated heterocycles. The number of benzene rings is 3. The van der Waals surface area contributed by atoms with Gasteiger partial charge in [0.1, 0.15) is 17.1 Å². The van der Waals surface area contributed by atoms with Gasteiger partial charge in [-0.3, -0.25) is 4.79 Å². The molecular weight excluding hydrogens is 432 g/mol. The molecule has 0 fully saturated rings. The first-order valence-electron chi connectivity index (χ1n) is 9.00. The molecule has 5 nitrogen and oxygen atoms in total. The first-order chi connectivity index (χ1) is 14.1. The van der Waals surface area contributed by atoms with Gasteiger partial charge in [-0.2, -0.15) is 0 Å². The number of amides is 1. The second-order valence-corrected chi connectivity index (χ2v) is 7.35. The fourth-order valence-corrected chi connectivity index (χ4v) is 3.65. The summed E-state index contributed by atoms with van der Waals surface area (Å²) in [5, 5.41) is 3.76. The molecule has 0 bridgehead atoms. The highest BCUT2D eigenvalue weighted by atomic mass is 79.9. The number of rotatable bonds is 5. The third kappa shape index (κ3) is 3.59. The number of nitrogens with one attached hydrogen (secondary N) is 2. The summed E-state index contributed by atoms with van der Waals surface area (Å²) in [5.41, 5.74) is 3.75. The number of hydrogen-bond donors (Lipinski definition) is 2. The van der Waals surface area contributed by atoms with E-state index in [2.05, 4.69) is 26.2 Å². The number of H-pyrrole nitrogens is 1. The van der Waals surface area contributed by atoms with Crippen molar-refractivity contribution < 1.29 is 14.3 Å². The molecule has 146 valence electrons. The summed E-state index contributed by atoms with van der Waals surface area (Å²) in [4.78, 5) is 16.4. The Kier molecular flexibility index (Phi) is 5.27. The largest absolute Gasteiger partial charge is 0.496 e. The molecule has 1 heterocycles. The van der Waals surface area contributed by atoms with Gasteiger partial charge in [0.2, 0.25) is 0 Å². The molecule has 0 aliphatic carbocycles. The number of carbonyl (C=O) groups is 1. The van der Waals surface area contributed by atoms with Crippen molar-refractivity contribution in [1.29, 1.82) is 0 Å². The first-order valence-corrected chi connectivity index (χ1v) is 9.80. The van der Waals surface area contributed by atoms with Gasteiger partial charge in [0.05, 0.1) is 25.1 Å². The van der Waals surface area contributed by atoms with Gasteiger partial charge in [-0.25, -0.2) is 0 Å². The average molecular weight is 451 g/mol. The molecule has 29 heavy (non-hydrogen) atoms. The van der Waals surface area contributed by atoms with Crippen molar-refractivity contribution in [1.82, 2.24) is 4.98 Å². The van der Waals surface area contributed by atoms with E-state index in [1.165, 1.54) is 0 Å². The van der Waals surface area contributed by atoms with E-state index in [0.29, 0.717) is 28.3 Å². The highest BCUT2D eigenvalue weighted by Gasteiger charge is 2.23. The summed E-state index contributed by atoms with van der Waals surface area (Å²) >= 11 is 3.47. The zero-order valence-corrected chi connectivity index (χ0v) is 17.5. The maximum absolute atomic E-state index is 13.1. The summed E-state index contributed by atoms with van der Waals surface area (Å²) < 4.78 is 12.1. The van der Waals surface area contributed by atoms with Crippen molar-refractivity contribution in [2.75, 3.05) is 19.5 Å². The van der Waals surface area contributed by atoms with Crippen LogP contribution in [-0.2, 0) is 0 Å². The molecule has 1 aromatic heterocycles. The lowest BCUT2D eigenvalue weighted by Crippen LogP contribution is -2.14. The zero-order chi connectivity index (χ0) is 20.4. The van der Waals surface area contributed by atoms with Gasteiger partial charge in [-0.05, 0) is 29.8 Å². The van der Waals surface area contributed by atoms with Crippen LogP contribution >= 0.6 is 15.9 Å². The van der Waals surface area contributed by atoms with E-state index < -0.39 is 0 Å². The summed E-state index contributed by atoms with van der Waals surface area (Å²) in [7, 11) is 3.15. The standard InChI is InChI=1S/C23H19BrN2O3/c1-28-18-12-19(29-2)21(23(27)26-16-6-4-3-5-7-16)22-20(18)17(13-25-22)14-8-10-15(24)11-9-14/h3-13,25H,1-2H3,(H,26,27). The second kappa shape index (κ2) is 8.01. The number of aromatic amines is 1. The molecule has 0 aliphatic rings. The number of halogens is 1. The monoisotopic (exact) mass is 450 g/mol. The van der Waals surface area contributed by atoms with Gasteiger partial charge >= 0.3 is 0 Å². The number of para-hydroxylation sites is 1. The molecule has 4 rings (SSSR count). The maximum Gasteiger partial charge on any atom is 0.261 e. The Labute approximate surface area is 176 Å². The lowest BCUT2D eigenvalue weighted by Gasteiger charge is -2.14. The van der Waals surface area contributed by atoms with Gasteiger partial charge in [0.25, 0.3) is 5.91 Å². The molecule has 1 amide bonds. The summed E-state index contributed by atoms with van der Waals surface area (Å²) in [5.74, 6) is 0.809. The summed E-state index contributed by atoms with van der Waals surface area (Å²) in [6.45, 7) is 0. The minimum atomic E-state index is -0.259. The van der Waals surface area contributed by atoms with Gasteiger partial charge in [-0.15, -0.1) is 0 Å². The Bertz CT molecular complexity index is 1170. The Morgan fingerprint density at radius 3 is 2.31 bits per heavy atom. The Morgan fingerprint density at radius 1 is 0.966 bits per heavy atom. The minimum absolute atomic E-state index is 0.259. The molecule has 3 aromatic carbocycles. The molecule has 0 aliphatic heterocycles. The molecule has 2 N–H and O–H groups in total. The molecule has 0 spiro atoms. The average Bonchev–Trinajstić information content (AvgIpc) is 3.18. The molecule has 0 saturated carbocycles. The molecule has 0 atom stereocenters. The van der Waals surface area contributed by atoms with Crippen LogP contribution in [0.1, 0.15) is 10.4 Å². The zero-order valence-electron chi connectivity index (χ0n) is 16.0. The number of fused-ring (bicyclic) bond motifs is 1. The number of ether oxygens (including phenoxy) is 2. The Balaban J connectivity index is 1.90. The number of methoxy groups -OCH3 is 2. The van der Waals surface area contributed by atoms with E-state index in [1.807, 2.05) is 60.8 Å².